The predicted octanol–water partition coefficient (Wildman–Crippen LogP) is 4.21. The van der Waals surface area contributed by atoms with Crippen LogP contribution in [-0.2, 0) is 0 Å². The van der Waals surface area contributed by atoms with Crippen molar-refractivity contribution in [2.45, 2.75) is 6.92 Å². The summed E-state index contributed by atoms with van der Waals surface area (Å²) in [5.41, 5.74) is 1.21. The molecule has 0 amide bonds. The van der Waals surface area contributed by atoms with Crippen LogP contribution in [0.5, 0.6) is 11.5 Å². The van der Waals surface area contributed by atoms with E-state index >= 15 is 0 Å². The summed E-state index contributed by atoms with van der Waals surface area (Å²) in [7, 11) is 0. The Bertz CT molecular complexity index is 412. The van der Waals surface area contributed by atoms with Crippen LogP contribution >= 0.6 is 12.4 Å². The van der Waals surface area contributed by atoms with Crippen molar-refractivity contribution < 1.29 is 4.74 Å². The number of halogens is 1. The van der Waals surface area contributed by atoms with Gasteiger partial charge in [-0.15, -0.1) is 12.4 Å². The van der Waals surface area contributed by atoms with Crippen LogP contribution in [0.15, 0.2) is 54.6 Å². The Hall–Kier alpha value is -1.47. The van der Waals surface area contributed by atoms with Gasteiger partial charge in [-0.25, -0.2) is 0 Å². The van der Waals surface area contributed by atoms with E-state index in [0.717, 1.165) is 11.5 Å². The highest BCUT2D eigenvalue weighted by molar-refractivity contribution is 5.85. The molecule has 15 heavy (non-hydrogen) atoms. The van der Waals surface area contributed by atoms with Gasteiger partial charge in [-0.05, 0) is 36.8 Å². The molecule has 0 saturated carbocycles. The maximum absolute atomic E-state index is 5.66. The van der Waals surface area contributed by atoms with Crippen molar-refractivity contribution in [3.8, 4) is 11.5 Å². The molecule has 0 N–H and O–H groups in total. The van der Waals surface area contributed by atoms with E-state index < -0.39 is 0 Å². The first-order valence-electron chi connectivity index (χ1n) is 4.64. The molecule has 2 rings (SSSR count). The second-order valence-corrected chi connectivity index (χ2v) is 3.23. The Morgan fingerprint density at radius 3 is 2.13 bits per heavy atom. The zero-order valence-corrected chi connectivity index (χ0v) is 9.33. The third kappa shape index (κ3) is 3.30. The van der Waals surface area contributed by atoms with Crippen molar-refractivity contribution in [3.63, 3.8) is 0 Å². The molecule has 1 nitrogen and oxygen atoms in total. The first-order valence-corrected chi connectivity index (χ1v) is 4.64. The highest BCUT2D eigenvalue weighted by atomic mass is 35.5. The van der Waals surface area contributed by atoms with E-state index in [1.54, 1.807) is 0 Å². The molecule has 0 unspecified atom stereocenters. The van der Waals surface area contributed by atoms with Crippen molar-refractivity contribution >= 4 is 12.4 Å². The van der Waals surface area contributed by atoms with Gasteiger partial charge in [0.2, 0.25) is 0 Å². The quantitative estimate of drug-likeness (QED) is 0.737. The summed E-state index contributed by atoms with van der Waals surface area (Å²) in [6.07, 6.45) is 0. The van der Waals surface area contributed by atoms with Crippen LogP contribution in [0.1, 0.15) is 5.56 Å². The molecule has 0 aromatic heterocycles. The predicted molar refractivity (Wildman–Crippen MR) is 64.9 cm³/mol. The highest BCUT2D eigenvalue weighted by Crippen LogP contribution is 2.21. The van der Waals surface area contributed by atoms with E-state index in [1.807, 2.05) is 48.5 Å². The highest BCUT2D eigenvalue weighted by Gasteiger charge is 1.95. The first kappa shape index (κ1) is 11.6. The maximum atomic E-state index is 5.66. The third-order valence-electron chi connectivity index (χ3n) is 1.97. The van der Waals surface area contributed by atoms with Gasteiger partial charge in [-0.1, -0.05) is 30.3 Å². The van der Waals surface area contributed by atoms with E-state index in [9.17, 15) is 0 Å². The van der Waals surface area contributed by atoms with E-state index in [2.05, 4.69) is 13.0 Å². The number of aryl methyl sites for hydroxylation is 1. The standard InChI is InChI=1S/C13H12O.ClH/c1-11-6-5-9-13(10-11)14-12-7-3-2-4-8-12;/h2-10H,1H3;1H. The molecule has 0 aliphatic rings. The van der Waals surface area contributed by atoms with Gasteiger partial charge in [0.1, 0.15) is 11.5 Å². The molecule has 2 aromatic rings. The summed E-state index contributed by atoms with van der Waals surface area (Å²) in [6.45, 7) is 2.05. The molecule has 2 heteroatoms. The molecule has 0 saturated heterocycles. The van der Waals surface area contributed by atoms with Crippen molar-refractivity contribution in [2.24, 2.45) is 0 Å². The van der Waals surface area contributed by atoms with E-state index in [4.69, 9.17) is 4.74 Å². The zero-order chi connectivity index (χ0) is 9.80. The normalized spacial score (nSPS) is 9.13. The number of para-hydroxylation sites is 1. The second kappa shape index (κ2) is 5.42. The number of benzene rings is 2. The summed E-state index contributed by atoms with van der Waals surface area (Å²) < 4.78 is 5.66. The van der Waals surface area contributed by atoms with Gasteiger partial charge in [-0.3, -0.25) is 0 Å². The van der Waals surface area contributed by atoms with Crippen LogP contribution in [0.4, 0.5) is 0 Å². The number of rotatable bonds is 2. The topological polar surface area (TPSA) is 9.23 Å². The zero-order valence-electron chi connectivity index (χ0n) is 8.51. The first-order chi connectivity index (χ1) is 6.84. The average molecular weight is 221 g/mol. The van der Waals surface area contributed by atoms with E-state index in [0.29, 0.717) is 0 Å². The van der Waals surface area contributed by atoms with Crippen molar-refractivity contribution in [1.29, 1.82) is 0 Å². The largest absolute Gasteiger partial charge is 0.457 e. The van der Waals surface area contributed by atoms with Crippen LogP contribution in [0.2, 0.25) is 0 Å². The molecule has 2 aromatic carbocycles. The van der Waals surface area contributed by atoms with Gasteiger partial charge in [0, 0.05) is 0 Å². The minimum Gasteiger partial charge on any atom is -0.457 e. The molecule has 0 spiro atoms. The summed E-state index contributed by atoms with van der Waals surface area (Å²) in [5.74, 6) is 1.76. The molecular formula is C13H13ClO. The Kier molecular flexibility index (Phi) is 4.19. The van der Waals surface area contributed by atoms with Crippen LogP contribution in [-0.4, -0.2) is 0 Å². The summed E-state index contributed by atoms with van der Waals surface area (Å²) in [4.78, 5) is 0. The summed E-state index contributed by atoms with van der Waals surface area (Å²) >= 11 is 0. The fraction of sp³-hybridized carbons (Fsp3) is 0.0769. The van der Waals surface area contributed by atoms with Gasteiger partial charge in [0.25, 0.3) is 0 Å². The van der Waals surface area contributed by atoms with Crippen LogP contribution in [0.25, 0.3) is 0 Å². The lowest BCUT2D eigenvalue weighted by molar-refractivity contribution is 0.482. The molecule has 78 valence electrons. The van der Waals surface area contributed by atoms with Crippen LogP contribution < -0.4 is 4.74 Å². The fourth-order valence-corrected chi connectivity index (χ4v) is 1.30. The van der Waals surface area contributed by atoms with Crippen molar-refractivity contribution in [2.75, 3.05) is 0 Å². The van der Waals surface area contributed by atoms with Crippen molar-refractivity contribution in [1.82, 2.24) is 0 Å². The Balaban J connectivity index is 0.00000112. The lowest BCUT2D eigenvalue weighted by atomic mass is 10.2. The van der Waals surface area contributed by atoms with Gasteiger partial charge in [0.15, 0.2) is 0 Å². The Labute approximate surface area is 96.1 Å². The summed E-state index contributed by atoms with van der Waals surface area (Å²) in [6, 6.07) is 17.8. The van der Waals surface area contributed by atoms with E-state index in [-0.39, 0.29) is 12.4 Å². The maximum Gasteiger partial charge on any atom is 0.127 e. The number of ether oxygens (including phenoxy) is 1. The molecule has 0 atom stereocenters. The number of hydrogen-bond donors (Lipinski definition) is 0. The minimum absolute atomic E-state index is 0. The summed E-state index contributed by atoms with van der Waals surface area (Å²) in [5, 5.41) is 0. The van der Waals surface area contributed by atoms with E-state index in [1.165, 1.54) is 5.56 Å². The lowest BCUT2D eigenvalue weighted by Crippen LogP contribution is -1.83. The minimum atomic E-state index is 0. The molecular weight excluding hydrogens is 208 g/mol. The third-order valence-corrected chi connectivity index (χ3v) is 1.97. The number of hydrogen-bond acceptors (Lipinski definition) is 1. The monoisotopic (exact) mass is 220 g/mol. The molecule has 0 aliphatic carbocycles. The Morgan fingerprint density at radius 2 is 1.47 bits per heavy atom. The lowest BCUT2D eigenvalue weighted by Gasteiger charge is -2.05. The van der Waals surface area contributed by atoms with Gasteiger partial charge in [0.05, 0.1) is 0 Å². The van der Waals surface area contributed by atoms with Crippen LogP contribution in [0, 0.1) is 6.92 Å². The van der Waals surface area contributed by atoms with Gasteiger partial charge < -0.3 is 4.74 Å². The molecule has 0 aliphatic heterocycles. The molecule has 0 heterocycles. The smallest absolute Gasteiger partial charge is 0.127 e. The van der Waals surface area contributed by atoms with Crippen molar-refractivity contribution in [3.05, 3.63) is 60.2 Å². The Morgan fingerprint density at radius 1 is 0.800 bits per heavy atom. The molecule has 0 radical (unpaired) electrons. The second-order valence-electron chi connectivity index (χ2n) is 3.23. The fourth-order valence-electron chi connectivity index (χ4n) is 1.30. The van der Waals surface area contributed by atoms with Gasteiger partial charge >= 0.3 is 0 Å². The molecule has 0 fully saturated rings. The van der Waals surface area contributed by atoms with Gasteiger partial charge in [-0.2, -0.15) is 0 Å². The molecule has 0 bridgehead atoms. The average Bonchev–Trinajstić information content (AvgIpc) is 2.19. The SMILES string of the molecule is Cc1cccc(Oc2ccccc2)c1.Cl. The van der Waals surface area contributed by atoms with Crippen LogP contribution in [0.3, 0.4) is 0 Å².